The average molecular weight is 527 g/mol. The Bertz CT molecular complexity index is 1480. The summed E-state index contributed by atoms with van der Waals surface area (Å²) in [5.41, 5.74) is -1.21. The molecule has 1 saturated heterocycles. The third kappa shape index (κ3) is 5.10. The second kappa shape index (κ2) is 10.3. The number of phenols is 1. The van der Waals surface area contributed by atoms with E-state index < -0.39 is 23.1 Å². The molecular weight excluding hydrogens is 503 g/mol. The van der Waals surface area contributed by atoms with Crippen molar-refractivity contribution in [1.29, 1.82) is 0 Å². The molecule has 0 aliphatic carbocycles. The summed E-state index contributed by atoms with van der Waals surface area (Å²) in [6.45, 7) is 2.52. The molecule has 198 valence electrons. The number of fused-ring (bicyclic) bond motifs is 1. The highest BCUT2D eigenvalue weighted by Crippen LogP contribution is 2.40. The van der Waals surface area contributed by atoms with Gasteiger partial charge in [0, 0.05) is 38.9 Å². The number of benzene rings is 2. The molecule has 1 N–H and O–H groups in total. The van der Waals surface area contributed by atoms with E-state index in [4.69, 9.17) is 13.9 Å². The molecule has 0 saturated carbocycles. The zero-order valence-corrected chi connectivity index (χ0v) is 20.4. The third-order valence-corrected chi connectivity index (χ3v) is 6.36. The molecule has 8 nitrogen and oxygen atoms in total. The Kier molecular flexibility index (Phi) is 6.85. The number of anilines is 1. The van der Waals surface area contributed by atoms with E-state index in [0.717, 1.165) is 5.82 Å². The van der Waals surface area contributed by atoms with Crippen LogP contribution in [0.2, 0.25) is 0 Å². The van der Waals surface area contributed by atoms with Crippen LogP contribution in [0.1, 0.15) is 11.3 Å². The van der Waals surface area contributed by atoms with Crippen LogP contribution >= 0.6 is 0 Å². The molecule has 4 aromatic rings. The average Bonchev–Trinajstić information content (AvgIpc) is 2.92. The number of hydrogen-bond donors (Lipinski definition) is 1. The highest BCUT2D eigenvalue weighted by Gasteiger charge is 2.41. The number of phenolic OH excluding ortho intramolecular Hbond substituents is 1. The lowest BCUT2D eigenvalue weighted by Crippen LogP contribution is -2.46. The van der Waals surface area contributed by atoms with Crippen LogP contribution in [-0.2, 0) is 12.7 Å². The summed E-state index contributed by atoms with van der Waals surface area (Å²) in [5, 5.41) is 10.5. The number of nitrogens with zero attached hydrogens (tertiary/aromatic N) is 3. The summed E-state index contributed by atoms with van der Waals surface area (Å²) < 4.78 is 57.9. The molecule has 2 aromatic carbocycles. The molecule has 1 aliphatic rings. The first-order valence-corrected chi connectivity index (χ1v) is 11.8. The molecule has 1 aliphatic heterocycles. The van der Waals surface area contributed by atoms with Crippen molar-refractivity contribution in [3.8, 4) is 23.0 Å². The molecule has 1 fully saturated rings. The van der Waals surface area contributed by atoms with Crippen LogP contribution in [0.15, 0.2) is 70.0 Å². The molecule has 0 spiro atoms. The lowest BCUT2D eigenvalue weighted by molar-refractivity contribution is -0.154. The van der Waals surface area contributed by atoms with Gasteiger partial charge in [-0.1, -0.05) is 6.07 Å². The zero-order valence-electron chi connectivity index (χ0n) is 20.4. The molecule has 5 rings (SSSR count). The fraction of sp³-hybridized carbons (Fsp3) is 0.259. The minimum Gasteiger partial charge on any atom is -0.507 e. The number of aromatic nitrogens is 1. The monoisotopic (exact) mass is 527 g/mol. The molecule has 38 heavy (non-hydrogen) atoms. The van der Waals surface area contributed by atoms with E-state index in [0.29, 0.717) is 31.9 Å². The Morgan fingerprint density at radius 2 is 1.71 bits per heavy atom. The number of pyridine rings is 1. The van der Waals surface area contributed by atoms with E-state index in [1.807, 2.05) is 23.1 Å². The smallest absolute Gasteiger partial charge is 0.453 e. The van der Waals surface area contributed by atoms with Gasteiger partial charge in [-0.15, -0.1) is 0 Å². The second-order valence-electron chi connectivity index (χ2n) is 8.76. The van der Waals surface area contributed by atoms with E-state index in [2.05, 4.69) is 9.88 Å². The van der Waals surface area contributed by atoms with Crippen molar-refractivity contribution < 1.29 is 32.2 Å². The standard InChI is InChI=1S/C27H24F3N3O5/c1-36-17-5-7-18(8-6-17)37-25-23(35)19-9-10-21(34)20(24(19)38-26(25)27(28,29)30)16-32-12-14-33(15-13-32)22-4-2-3-11-31-22/h2-11,34H,12-16H2,1H3. The molecule has 2 aromatic heterocycles. The summed E-state index contributed by atoms with van der Waals surface area (Å²) in [7, 11) is 1.45. The zero-order chi connectivity index (χ0) is 26.9. The van der Waals surface area contributed by atoms with Crippen LogP contribution in [-0.4, -0.2) is 48.3 Å². The Morgan fingerprint density at radius 1 is 1.00 bits per heavy atom. The minimum absolute atomic E-state index is 0.00716. The molecule has 11 heteroatoms. The SMILES string of the molecule is COc1ccc(Oc2c(C(F)(F)F)oc3c(CN4CCN(c5ccccn5)CC4)c(O)ccc3c2=O)cc1. The maximum absolute atomic E-state index is 14.1. The number of halogens is 3. The van der Waals surface area contributed by atoms with Crippen molar-refractivity contribution in [2.24, 2.45) is 0 Å². The van der Waals surface area contributed by atoms with E-state index in [1.54, 1.807) is 6.20 Å². The van der Waals surface area contributed by atoms with Gasteiger partial charge in [-0.05, 0) is 48.5 Å². The Labute approximate surface area is 215 Å². The molecule has 0 atom stereocenters. The number of aromatic hydroxyl groups is 1. The van der Waals surface area contributed by atoms with Crippen molar-refractivity contribution in [2.75, 3.05) is 38.2 Å². The predicted molar refractivity (Wildman–Crippen MR) is 134 cm³/mol. The van der Waals surface area contributed by atoms with Crippen molar-refractivity contribution in [1.82, 2.24) is 9.88 Å². The number of ether oxygens (including phenoxy) is 2. The molecule has 0 bridgehead atoms. The van der Waals surface area contributed by atoms with Crippen LogP contribution < -0.4 is 19.8 Å². The maximum atomic E-state index is 14.1. The van der Waals surface area contributed by atoms with Crippen LogP contribution in [0.25, 0.3) is 11.0 Å². The number of rotatable bonds is 6. The van der Waals surface area contributed by atoms with Gasteiger partial charge in [-0.25, -0.2) is 4.98 Å². The summed E-state index contributed by atoms with van der Waals surface area (Å²) >= 11 is 0. The highest BCUT2D eigenvalue weighted by molar-refractivity contribution is 5.83. The Balaban J connectivity index is 1.48. The van der Waals surface area contributed by atoms with Gasteiger partial charge in [0.25, 0.3) is 5.76 Å². The number of piperazine rings is 1. The van der Waals surface area contributed by atoms with Crippen molar-refractivity contribution >= 4 is 16.8 Å². The number of hydrogen-bond acceptors (Lipinski definition) is 8. The number of methoxy groups -OCH3 is 1. The first kappa shape index (κ1) is 25.4. The van der Waals surface area contributed by atoms with Crippen LogP contribution in [0.3, 0.4) is 0 Å². The van der Waals surface area contributed by atoms with E-state index in [-0.39, 0.29) is 34.6 Å². The van der Waals surface area contributed by atoms with E-state index in [1.165, 1.54) is 43.5 Å². The summed E-state index contributed by atoms with van der Waals surface area (Å²) in [6.07, 6.45) is -3.31. The Hall–Kier alpha value is -4.25. The molecule has 0 unspecified atom stereocenters. The normalized spacial score (nSPS) is 14.6. The highest BCUT2D eigenvalue weighted by atomic mass is 19.4. The van der Waals surface area contributed by atoms with Gasteiger partial charge >= 0.3 is 6.18 Å². The van der Waals surface area contributed by atoms with E-state index >= 15 is 0 Å². The largest absolute Gasteiger partial charge is 0.507 e. The molecule has 3 heterocycles. The summed E-state index contributed by atoms with van der Waals surface area (Å²) in [5.74, 6) is -1.49. The van der Waals surface area contributed by atoms with Gasteiger partial charge < -0.3 is 23.9 Å². The molecular formula is C27H24F3N3O5. The molecule has 0 radical (unpaired) electrons. The van der Waals surface area contributed by atoms with Gasteiger partial charge in [0.2, 0.25) is 11.2 Å². The summed E-state index contributed by atoms with van der Waals surface area (Å²) in [4.78, 5) is 21.7. The van der Waals surface area contributed by atoms with Gasteiger partial charge in [-0.3, -0.25) is 9.69 Å². The predicted octanol–water partition coefficient (Wildman–Crippen LogP) is 5.04. The summed E-state index contributed by atoms with van der Waals surface area (Å²) in [6, 6.07) is 13.9. The third-order valence-electron chi connectivity index (χ3n) is 6.36. The van der Waals surface area contributed by atoms with Gasteiger partial charge in [0.05, 0.1) is 18.1 Å². The van der Waals surface area contributed by atoms with Gasteiger partial charge in [-0.2, -0.15) is 13.2 Å². The van der Waals surface area contributed by atoms with Gasteiger partial charge in [0.15, 0.2) is 0 Å². The van der Waals surface area contributed by atoms with Crippen LogP contribution in [0, 0.1) is 0 Å². The lowest BCUT2D eigenvalue weighted by Gasteiger charge is -2.35. The van der Waals surface area contributed by atoms with Crippen molar-refractivity contribution in [2.45, 2.75) is 12.7 Å². The maximum Gasteiger partial charge on any atom is 0.453 e. The fourth-order valence-corrected chi connectivity index (χ4v) is 4.38. The first-order valence-electron chi connectivity index (χ1n) is 11.8. The topological polar surface area (TPSA) is 88.3 Å². The second-order valence-corrected chi connectivity index (χ2v) is 8.76. The minimum atomic E-state index is -5.02. The lowest BCUT2D eigenvalue weighted by atomic mass is 10.1. The van der Waals surface area contributed by atoms with Crippen molar-refractivity contribution in [3.05, 3.63) is 82.3 Å². The van der Waals surface area contributed by atoms with Gasteiger partial charge in [0.1, 0.15) is 28.6 Å². The van der Waals surface area contributed by atoms with Crippen LogP contribution in [0.5, 0.6) is 23.0 Å². The molecule has 0 amide bonds. The van der Waals surface area contributed by atoms with E-state index in [9.17, 15) is 23.1 Å². The first-order chi connectivity index (χ1) is 18.2. The van der Waals surface area contributed by atoms with Crippen molar-refractivity contribution in [3.63, 3.8) is 0 Å². The number of alkyl halides is 3. The Morgan fingerprint density at radius 3 is 2.34 bits per heavy atom. The quantitative estimate of drug-likeness (QED) is 0.374. The van der Waals surface area contributed by atoms with Crippen LogP contribution in [0.4, 0.5) is 19.0 Å². The fourth-order valence-electron chi connectivity index (χ4n) is 4.38.